The molecule has 0 aliphatic carbocycles. The number of rotatable bonds is 3. The molecular formula is C15H18N2O2. The third-order valence-corrected chi connectivity index (χ3v) is 3.51. The van der Waals surface area contributed by atoms with E-state index in [4.69, 9.17) is 4.74 Å². The van der Waals surface area contributed by atoms with Crippen LogP contribution in [0.2, 0.25) is 0 Å². The number of H-pyrrole nitrogens is 1. The molecule has 1 aromatic carbocycles. The molecule has 0 spiro atoms. The van der Waals surface area contributed by atoms with E-state index in [1.165, 1.54) is 5.39 Å². The van der Waals surface area contributed by atoms with Crippen LogP contribution in [0.4, 0.5) is 0 Å². The first-order valence-corrected chi connectivity index (χ1v) is 6.70. The fourth-order valence-corrected chi connectivity index (χ4v) is 2.52. The van der Waals surface area contributed by atoms with Gasteiger partial charge in [-0.25, -0.2) is 0 Å². The van der Waals surface area contributed by atoms with Crippen LogP contribution in [0, 0.1) is 6.92 Å². The van der Waals surface area contributed by atoms with Crippen molar-refractivity contribution in [3.05, 3.63) is 35.5 Å². The van der Waals surface area contributed by atoms with Crippen molar-refractivity contribution in [2.24, 2.45) is 0 Å². The van der Waals surface area contributed by atoms with Crippen LogP contribution in [-0.2, 0) is 16.1 Å². The number of amides is 1. The van der Waals surface area contributed by atoms with Gasteiger partial charge in [-0.05, 0) is 48.9 Å². The highest BCUT2D eigenvalue weighted by Gasteiger charge is 2.22. The Kier molecular flexibility index (Phi) is 3.25. The monoisotopic (exact) mass is 258 g/mol. The van der Waals surface area contributed by atoms with Gasteiger partial charge in [0.05, 0.1) is 0 Å². The van der Waals surface area contributed by atoms with Crippen LogP contribution >= 0.6 is 0 Å². The Hall–Kier alpha value is -1.81. The van der Waals surface area contributed by atoms with E-state index in [-0.39, 0.29) is 12.0 Å². The zero-order valence-electron chi connectivity index (χ0n) is 11.0. The minimum Gasteiger partial charge on any atom is -0.368 e. The number of hydrogen-bond acceptors (Lipinski definition) is 2. The van der Waals surface area contributed by atoms with Crippen molar-refractivity contribution < 1.29 is 9.53 Å². The molecule has 1 aliphatic heterocycles. The summed E-state index contributed by atoms with van der Waals surface area (Å²) in [6.07, 6.45) is 1.56. The van der Waals surface area contributed by atoms with Crippen LogP contribution in [0.1, 0.15) is 24.1 Å². The van der Waals surface area contributed by atoms with E-state index >= 15 is 0 Å². The average Bonchev–Trinajstić information content (AvgIpc) is 3.03. The molecule has 4 nitrogen and oxygen atoms in total. The third-order valence-electron chi connectivity index (χ3n) is 3.51. The Bertz CT molecular complexity index is 597. The minimum atomic E-state index is -0.252. The molecule has 1 aromatic heterocycles. The summed E-state index contributed by atoms with van der Waals surface area (Å²) >= 11 is 0. The molecule has 0 radical (unpaired) electrons. The highest BCUT2D eigenvalue weighted by molar-refractivity contribution is 5.82. The fourth-order valence-electron chi connectivity index (χ4n) is 2.52. The number of nitrogens with one attached hydrogen (secondary N) is 2. The van der Waals surface area contributed by atoms with Crippen molar-refractivity contribution in [1.29, 1.82) is 0 Å². The smallest absolute Gasteiger partial charge is 0.249 e. The Morgan fingerprint density at radius 1 is 1.47 bits per heavy atom. The van der Waals surface area contributed by atoms with Crippen LogP contribution in [0.5, 0.6) is 0 Å². The summed E-state index contributed by atoms with van der Waals surface area (Å²) in [7, 11) is 0. The van der Waals surface area contributed by atoms with Crippen LogP contribution in [0.3, 0.4) is 0 Å². The van der Waals surface area contributed by atoms with Gasteiger partial charge in [0.15, 0.2) is 0 Å². The van der Waals surface area contributed by atoms with Gasteiger partial charge in [-0.1, -0.05) is 6.07 Å². The molecule has 1 amide bonds. The highest BCUT2D eigenvalue weighted by atomic mass is 16.5. The molecule has 3 rings (SSSR count). The van der Waals surface area contributed by atoms with E-state index in [9.17, 15) is 4.79 Å². The molecule has 100 valence electrons. The lowest BCUT2D eigenvalue weighted by Crippen LogP contribution is -2.33. The lowest BCUT2D eigenvalue weighted by atomic mass is 10.1. The molecule has 2 aromatic rings. The summed E-state index contributed by atoms with van der Waals surface area (Å²) < 4.78 is 5.36. The number of carbonyl (C=O) groups is 1. The van der Waals surface area contributed by atoms with Gasteiger partial charge in [0.1, 0.15) is 6.10 Å². The predicted octanol–water partition coefficient (Wildman–Crippen LogP) is 2.27. The fraction of sp³-hybridized carbons (Fsp3) is 0.400. The second-order valence-corrected chi connectivity index (χ2v) is 5.09. The number of benzene rings is 1. The van der Waals surface area contributed by atoms with Crippen LogP contribution in [0.25, 0.3) is 10.9 Å². The van der Waals surface area contributed by atoms with Gasteiger partial charge >= 0.3 is 0 Å². The van der Waals surface area contributed by atoms with Gasteiger partial charge in [-0.3, -0.25) is 4.79 Å². The number of aromatic amines is 1. The van der Waals surface area contributed by atoms with Crippen molar-refractivity contribution in [2.45, 2.75) is 32.4 Å². The maximum Gasteiger partial charge on any atom is 0.249 e. The molecule has 1 saturated heterocycles. The molecular weight excluding hydrogens is 240 g/mol. The van der Waals surface area contributed by atoms with E-state index < -0.39 is 0 Å². The number of hydrogen-bond donors (Lipinski definition) is 2. The lowest BCUT2D eigenvalue weighted by molar-refractivity contribution is -0.130. The van der Waals surface area contributed by atoms with Gasteiger partial charge in [-0.15, -0.1) is 0 Å². The molecule has 2 N–H and O–H groups in total. The highest BCUT2D eigenvalue weighted by Crippen LogP contribution is 2.17. The predicted molar refractivity (Wildman–Crippen MR) is 73.9 cm³/mol. The Morgan fingerprint density at radius 3 is 3.16 bits per heavy atom. The molecule has 19 heavy (non-hydrogen) atoms. The van der Waals surface area contributed by atoms with Crippen LogP contribution in [0.15, 0.2) is 24.3 Å². The van der Waals surface area contributed by atoms with Crippen molar-refractivity contribution in [2.75, 3.05) is 6.61 Å². The average molecular weight is 258 g/mol. The Balaban J connectivity index is 1.65. The second kappa shape index (κ2) is 5.05. The quantitative estimate of drug-likeness (QED) is 0.887. The second-order valence-electron chi connectivity index (χ2n) is 5.09. The van der Waals surface area contributed by atoms with E-state index in [0.29, 0.717) is 13.2 Å². The van der Waals surface area contributed by atoms with Gasteiger partial charge in [0.2, 0.25) is 5.91 Å². The van der Waals surface area contributed by atoms with Gasteiger partial charge in [-0.2, -0.15) is 0 Å². The summed E-state index contributed by atoms with van der Waals surface area (Å²) in [5, 5.41) is 4.12. The number of fused-ring (bicyclic) bond motifs is 1. The summed E-state index contributed by atoms with van der Waals surface area (Å²) in [5.74, 6) is 0.00264. The molecule has 0 saturated carbocycles. The summed E-state index contributed by atoms with van der Waals surface area (Å²) in [4.78, 5) is 15.1. The van der Waals surface area contributed by atoms with E-state index in [0.717, 1.165) is 29.6 Å². The van der Waals surface area contributed by atoms with E-state index in [2.05, 4.69) is 28.5 Å². The maximum atomic E-state index is 11.8. The molecule has 4 heteroatoms. The zero-order valence-corrected chi connectivity index (χ0v) is 11.0. The molecule has 1 atom stereocenters. The molecule has 2 heterocycles. The number of ether oxygens (including phenoxy) is 1. The largest absolute Gasteiger partial charge is 0.368 e. The Labute approximate surface area is 112 Å². The first-order valence-electron chi connectivity index (χ1n) is 6.70. The molecule has 1 unspecified atom stereocenters. The summed E-state index contributed by atoms with van der Waals surface area (Å²) in [5.41, 5.74) is 3.39. The topological polar surface area (TPSA) is 54.1 Å². The standard InChI is InChI=1S/C15H18N2O2/c1-10-7-12-8-11(4-5-13(12)17-10)9-16-15(18)14-3-2-6-19-14/h4-5,7-8,14,17H,2-3,6,9H2,1H3,(H,16,18). The maximum absolute atomic E-state index is 11.8. The van der Waals surface area contributed by atoms with Crippen molar-refractivity contribution >= 4 is 16.8 Å². The SMILES string of the molecule is Cc1cc2cc(CNC(=O)C3CCCO3)ccc2[nH]1. The lowest BCUT2D eigenvalue weighted by Gasteiger charge is -2.10. The summed E-state index contributed by atoms with van der Waals surface area (Å²) in [6.45, 7) is 3.30. The van der Waals surface area contributed by atoms with E-state index in [1.807, 2.05) is 13.0 Å². The number of carbonyl (C=O) groups excluding carboxylic acids is 1. The minimum absolute atomic E-state index is 0.00264. The van der Waals surface area contributed by atoms with Crippen LogP contribution < -0.4 is 5.32 Å². The van der Waals surface area contributed by atoms with Crippen molar-refractivity contribution in [3.63, 3.8) is 0 Å². The molecule has 1 fully saturated rings. The Morgan fingerprint density at radius 2 is 2.37 bits per heavy atom. The van der Waals surface area contributed by atoms with Gasteiger partial charge in [0, 0.05) is 24.4 Å². The van der Waals surface area contributed by atoms with Crippen molar-refractivity contribution in [1.82, 2.24) is 10.3 Å². The van der Waals surface area contributed by atoms with Gasteiger partial charge < -0.3 is 15.0 Å². The first kappa shape index (κ1) is 12.2. The zero-order chi connectivity index (χ0) is 13.2. The third kappa shape index (κ3) is 2.63. The van der Waals surface area contributed by atoms with Crippen molar-refractivity contribution in [3.8, 4) is 0 Å². The van der Waals surface area contributed by atoms with Gasteiger partial charge in [0.25, 0.3) is 0 Å². The molecule has 0 bridgehead atoms. The summed E-state index contributed by atoms with van der Waals surface area (Å²) in [6, 6.07) is 8.30. The number of aryl methyl sites for hydroxylation is 1. The van der Waals surface area contributed by atoms with E-state index in [1.54, 1.807) is 0 Å². The normalized spacial score (nSPS) is 18.9. The molecule has 1 aliphatic rings. The number of aromatic nitrogens is 1. The van der Waals surface area contributed by atoms with Crippen LogP contribution in [-0.4, -0.2) is 23.6 Å². The first-order chi connectivity index (χ1) is 9.22.